The van der Waals surface area contributed by atoms with Gasteiger partial charge in [0.05, 0.1) is 6.20 Å². The lowest BCUT2D eigenvalue weighted by Gasteiger charge is -2.09. The number of halogens is 1. The van der Waals surface area contributed by atoms with Crippen LogP contribution in [0.2, 0.25) is 0 Å². The quantitative estimate of drug-likeness (QED) is 0.860. The average Bonchev–Trinajstić information content (AvgIpc) is 2.31. The van der Waals surface area contributed by atoms with Crippen molar-refractivity contribution in [3.8, 4) is 11.5 Å². The molecule has 1 heterocycles. The summed E-state index contributed by atoms with van der Waals surface area (Å²) >= 11 is 0. The number of hydrogen-bond acceptors (Lipinski definition) is 3. The molecule has 4 heteroatoms. The number of benzene rings is 1. The second kappa shape index (κ2) is 4.72. The molecule has 0 atom stereocenters. The highest BCUT2D eigenvalue weighted by Crippen LogP contribution is 2.26. The number of rotatable bonds is 3. The summed E-state index contributed by atoms with van der Waals surface area (Å²) in [7, 11) is 0. The predicted octanol–water partition coefficient (Wildman–Crippen LogP) is 2.47. The van der Waals surface area contributed by atoms with Crippen LogP contribution in [-0.2, 0) is 6.54 Å². The molecule has 0 aliphatic carbocycles. The molecular formula is C12H11FN2O. The second-order valence-corrected chi connectivity index (χ2v) is 3.21. The fourth-order valence-electron chi connectivity index (χ4n) is 1.37. The molecular weight excluding hydrogens is 207 g/mol. The first-order valence-electron chi connectivity index (χ1n) is 4.86. The van der Waals surface area contributed by atoms with Crippen LogP contribution in [0.4, 0.5) is 4.39 Å². The van der Waals surface area contributed by atoms with E-state index < -0.39 is 0 Å². The lowest BCUT2D eigenvalue weighted by atomic mass is 10.2. The number of aromatic nitrogens is 1. The largest absolute Gasteiger partial charge is 0.455 e. The van der Waals surface area contributed by atoms with Crippen LogP contribution in [0.25, 0.3) is 0 Å². The van der Waals surface area contributed by atoms with Crippen molar-refractivity contribution in [3.05, 3.63) is 54.1 Å². The van der Waals surface area contributed by atoms with Crippen molar-refractivity contribution in [2.75, 3.05) is 0 Å². The number of nitrogens with two attached hydrogens (primary N) is 1. The van der Waals surface area contributed by atoms with Crippen LogP contribution >= 0.6 is 0 Å². The summed E-state index contributed by atoms with van der Waals surface area (Å²) in [4.78, 5) is 3.91. The lowest BCUT2D eigenvalue weighted by molar-refractivity contribution is 0.465. The van der Waals surface area contributed by atoms with Crippen molar-refractivity contribution in [2.24, 2.45) is 5.73 Å². The molecule has 0 radical (unpaired) electrons. The van der Waals surface area contributed by atoms with Crippen molar-refractivity contribution in [3.63, 3.8) is 0 Å². The van der Waals surface area contributed by atoms with Crippen molar-refractivity contribution in [1.29, 1.82) is 0 Å². The van der Waals surface area contributed by atoms with Gasteiger partial charge < -0.3 is 10.5 Å². The number of pyridine rings is 1. The van der Waals surface area contributed by atoms with Gasteiger partial charge in [-0.2, -0.15) is 0 Å². The Kier molecular flexibility index (Phi) is 3.12. The third kappa shape index (κ3) is 2.17. The van der Waals surface area contributed by atoms with Crippen LogP contribution < -0.4 is 10.5 Å². The monoisotopic (exact) mass is 218 g/mol. The molecule has 0 bridgehead atoms. The van der Waals surface area contributed by atoms with Gasteiger partial charge in [0.15, 0.2) is 0 Å². The zero-order valence-electron chi connectivity index (χ0n) is 8.56. The highest BCUT2D eigenvalue weighted by Gasteiger charge is 2.08. The first-order chi connectivity index (χ1) is 7.81. The summed E-state index contributed by atoms with van der Waals surface area (Å²) in [5.74, 6) is 0.627. The zero-order valence-corrected chi connectivity index (χ0v) is 8.56. The summed E-state index contributed by atoms with van der Waals surface area (Å²) in [5.41, 5.74) is 5.84. The topological polar surface area (TPSA) is 48.1 Å². The van der Waals surface area contributed by atoms with E-state index in [4.69, 9.17) is 10.5 Å². The Morgan fingerprint density at radius 3 is 2.81 bits per heavy atom. The van der Waals surface area contributed by atoms with Crippen molar-refractivity contribution < 1.29 is 9.13 Å². The Hall–Kier alpha value is -1.94. The van der Waals surface area contributed by atoms with E-state index in [2.05, 4.69) is 4.98 Å². The van der Waals surface area contributed by atoms with Crippen molar-refractivity contribution in [1.82, 2.24) is 4.98 Å². The molecule has 3 nitrogen and oxygen atoms in total. The Morgan fingerprint density at radius 2 is 2.12 bits per heavy atom. The van der Waals surface area contributed by atoms with Crippen LogP contribution in [0.5, 0.6) is 11.5 Å². The molecule has 2 rings (SSSR count). The minimum atomic E-state index is -0.358. The van der Waals surface area contributed by atoms with Crippen LogP contribution in [0.3, 0.4) is 0 Å². The first-order valence-corrected chi connectivity index (χ1v) is 4.86. The molecule has 16 heavy (non-hydrogen) atoms. The standard InChI is InChI=1S/C12H11FN2O/c13-11-4-1-5-12(10(11)7-14)16-9-3-2-6-15-8-9/h1-6,8H,7,14H2. The van der Waals surface area contributed by atoms with E-state index in [1.165, 1.54) is 6.07 Å². The van der Waals surface area contributed by atoms with Crippen molar-refractivity contribution in [2.45, 2.75) is 6.54 Å². The van der Waals surface area contributed by atoms with Crippen LogP contribution in [0, 0.1) is 5.82 Å². The summed E-state index contributed by atoms with van der Waals surface area (Å²) in [6.45, 7) is 0.0995. The van der Waals surface area contributed by atoms with Gasteiger partial charge in [-0.05, 0) is 24.3 Å². The van der Waals surface area contributed by atoms with E-state index in [0.717, 1.165) is 0 Å². The predicted molar refractivity (Wildman–Crippen MR) is 58.6 cm³/mol. The minimum Gasteiger partial charge on any atom is -0.455 e. The van der Waals surface area contributed by atoms with E-state index in [9.17, 15) is 4.39 Å². The molecule has 1 aromatic heterocycles. The summed E-state index contributed by atoms with van der Waals surface area (Å²) in [6, 6.07) is 8.12. The van der Waals surface area contributed by atoms with E-state index in [-0.39, 0.29) is 12.4 Å². The van der Waals surface area contributed by atoms with Gasteiger partial charge in [-0.3, -0.25) is 4.98 Å². The molecule has 0 spiro atoms. The van der Waals surface area contributed by atoms with Gasteiger partial charge in [0, 0.05) is 18.3 Å². The van der Waals surface area contributed by atoms with Gasteiger partial charge in [-0.1, -0.05) is 6.07 Å². The van der Waals surface area contributed by atoms with Gasteiger partial charge in [0.25, 0.3) is 0 Å². The van der Waals surface area contributed by atoms with Gasteiger partial charge in [-0.15, -0.1) is 0 Å². The van der Waals surface area contributed by atoms with Gasteiger partial charge in [-0.25, -0.2) is 4.39 Å². The molecule has 0 unspecified atom stereocenters. The molecule has 0 saturated heterocycles. The summed E-state index contributed by atoms with van der Waals surface area (Å²) in [5, 5.41) is 0. The minimum absolute atomic E-state index is 0.0995. The smallest absolute Gasteiger partial charge is 0.145 e. The Bertz CT molecular complexity index is 474. The fraction of sp³-hybridized carbons (Fsp3) is 0.0833. The first kappa shape index (κ1) is 10.6. The zero-order chi connectivity index (χ0) is 11.4. The third-order valence-electron chi connectivity index (χ3n) is 2.14. The summed E-state index contributed by atoms with van der Waals surface area (Å²) < 4.78 is 18.9. The molecule has 0 aliphatic heterocycles. The van der Waals surface area contributed by atoms with Crippen molar-refractivity contribution >= 4 is 0 Å². The molecule has 0 amide bonds. The Morgan fingerprint density at radius 1 is 1.25 bits per heavy atom. The fourth-order valence-corrected chi connectivity index (χ4v) is 1.37. The van der Waals surface area contributed by atoms with E-state index in [1.54, 1.807) is 36.7 Å². The maximum Gasteiger partial charge on any atom is 0.145 e. The lowest BCUT2D eigenvalue weighted by Crippen LogP contribution is -2.02. The van der Waals surface area contributed by atoms with E-state index >= 15 is 0 Å². The maximum absolute atomic E-state index is 13.4. The number of nitrogens with zero attached hydrogens (tertiary/aromatic N) is 1. The SMILES string of the molecule is NCc1c(F)cccc1Oc1cccnc1. The van der Waals surface area contributed by atoms with Crippen LogP contribution in [0.15, 0.2) is 42.7 Å². The van der Waals surface area contributed by atoms with Gasteiger partial charge in [0.2, 0.25) is 0 Å². The molecule has 1 aromatic carbocycles. The van der Waals surface area contributed by atoms with Gasteiger partial charge in [0.1, 0.15) is 17.3 Å². The summed E-state index contributed by atoms with van der Waals surface area (Å²) in [6.07, 6.45) is 3.20. The average molecular weight is 218 g/mol. The van der Waals surface area contributed by atoms with E-state index in [0.29, 0.717) is 17.1 Å². The third-order valence-corrected chi connectivity index (χ3v) is 2.14. The normalized spacial score (nSPS) is 10.1. The molecule has 0 saturated carbocycles. The molecule has 2 aromatic rings. The van der Waals surface area contributed by atoms with Gasteiger partial charge >= 0.3 is 0 Å². The van der Waals surface area contributed by atoms with Crippen LogP contribution in [0.1, 0.15) is 5.56 Å². The maximum atomic E-state index is 13.4. The molecule has 82 valence electrons. The Balaban J connectivity index is 2.31. The molecule has 2 N–H and O–H groups in total. The number of hydrogen-bond donors (Lipinski definition) is 1. The second-order valence-electron chi connectivity index (χ2n) is 3.21. The van der Waals surface area contributed by atoms with Crippen LogP contribution in [-0.4, -0.2) is 4.98 Å². The highest BCUT2D eigenvalue weighted by molar-refractivity contribution is 5.37. The highest BCUT2D eigenvalue weighted by atomic mass is 19.1. The van der Waals surface area contributed by atoms with E-state index in [1.807, 2.05) is 0 Å². The molecule has 0 aliphatic rings. The molecule has 0 fully saturated rings. The Labute approximate surface area is 92.7 Å². The number of ether oxygens (including phenoxy) is 1.